The summed E-state index contributed by atoms with van der Waals surface area (Å²) in [4.78, 5) is 39.0. The number of nitrogens with zero attached hydrogens (tertiary/aromatic N) is 3. The number of carboxylic acids is 1. The van der Waals surface area contributed by atoms with Crippen LogP contribution in [-0.4, -0.2) is 64.5 Å². The molecule has 1 fully saturated rings. The minimum Gasteiger partial charge on any atom is -0.481 e. The van der Waals surface area contributed by atoms with Gasteiger partial charge in [0.25, 0.3) is 5.91 Å². The molecule has 3 rings (SSSR count). The van der Waals surface area contributed by atoms with Crippen LogP contribution in [0.4, 0.5) is 0 Å². The Kier molecular flexibility index (Phi) is 5.06. The summed E-state index contributed by atoms with van der Waals surface area (Å²) in [7, 11) is 1.56. The topological polar surface area (TPSA) is 104 Å². The van der Waals surface area contributed by atoms with Gasteiger partial charge in [-0.3, -0.25) is 14.4 Å². The van der Waals surface area contributed by atoms with Gasteiger partial charge < -0.3 is 19.4 Å². The Bertz CT molecular complexity index is 684. The van der Waals surface area contributed by atoms with Crippen molar-refractivity contribution in [1.29, 1.82) is 0 Å². The molecule has 1 aromatic rings. The van der Waals surface area contributed by atoms with Gasteiger partial charge in [0, 0.05) is 32.1 Å². The summed E-state index contributed by atoms with van der Waals surface area (Å²) in [6.45, 7) is 0.645. The lowest BCUT2D eigenvalue weighted by atomic mass is 9.96. The highest BCUT2D eigenvalue weighted by molar-refractivity contribution is 5.96. The lowest BCUT2D eigenvalue weighted by molar-refractivity contribution is -0.145. The highest BCUT2D eigenvalue weighted by Gasteiger charge is 2.31. The first kappa shape index (κ1) is 17.4. The molecule has 8 heteroatoms. The molecule has 1 unspecified atom stereocenters. The van der Waals surface area contributed by atoms with Crippen LogP contribution in [-0.2, 0) is 22.4 Å². The third-order valence-corrected chi connectivity index (χ3v) is 5.00. The van der Waals surface area contributed by atoms with Gasteiger partial charge in [0.05, 0.1) is 12.5 Å². The number of fused-ring (bicyclic) bond motifs is 1. The van der Waals surface area contributed by atoms with Gasteiger partial charge in [-0.25, -0.2) is 0 Å². The first-order valence-corrected chi connectivity index (χ1v) is 8.71. The summed E-state index contributed by atoms with van der Waals surface area (Å²) in [5.41, 5.74) is 1.16. The zero-order valence-corrected chi connectivity index (χ0v) is 14.4. The molecule has 2 amide bonds. The van der Waals surface area contributed by atoms with Crippen molar-refractivity contribution in [3.63, 3.8) is 0 Å². The minimum atomic E-state index is -0.879. The SMILES string of the molecule is CN(CC(=O)N1CCCC(C(=O)O)C1)C(=O)c1noc2c1CCCC2. The second-order valence-electron chi connectivity index (χ2n) is 6.82. The molecule has 0 radical (unpaired) electrons. The molecular formula is C17H23N3O5. The second kappa shape index (κ2) is 7.25. The smallest absolute Gasteiger partial charge is 0.308 e. The summed E-state index contributed by atoms with van der Waals surface area (Å²) in [6.07, 6.45) is 4.85. The minimum absolute atomic E-state index is 0.0905. The van der Waals surface area contributed by atoms with Crippen LogP contribution in [0.5, 0.6) is 0 Å². The Morgan fingerprint density at radius 1 is 1.28 bits per heavy atom. The maximum Gasteiger partial charge on any atom is 0.308 e. The largest absolute Gasteiger partial charge is 0.481 e. The van der Waals surface area contributed by atoms with Crippen molar-refractivity contribution in [3.8, 4) is 0 Å². The fourth-order valence-corrected chi connectivity index (χ4v) is 3.51. The molecule has 2 heterocycles. The molecule has 0 saturated carbocycles. The molecule has 1 N–H and O–H groups in total. The Hall–Kier alpha value is -2.38. The van der Waals surface area contributed by atoms with E-state index in [1.54, 1.807) is 7.05 Å². The normalized spacial score (nSPS) is 20.0. The van der Waals surface area contributed by atoms with Crippen LogP contribution >= 0.6 is 0 Å². The number of carboxylic acid groups (broad SMARTS) is 1. The monoisotopic (exact) mass is 349 g/mol. The van der Waals surface area contributed by atoms with Crippen molar-refractivity contribution < 1.29 is 24.0 Å². The molecule has 0 bridgehead atoms. The summed E-state index contributed by atoms with van der Waals surface area (Å²) in [6, 6.07) is 0. The van der Waals surface area contributed by atoms with Crippen molar-refractivity contribution in [2.75, 3.05) is 26.7 Å². The molecule has 1 atom stereocenters. The van der Waals surface area contributed by atoms with Gasteiger partial charge in [-0.1, -0.05) is 5.16 Å². The third kappa shape index (κ3) is 3.67. The predicted molar refractivity (Wildman–Crippen MR) is 87.0 cm³/mol. The molecule has 25 heavy (non-hydrogen) atoms. The highest BCUT2D eigenvalue weighted by Crippen LogP contribution is 2.25. The number of aliphatic carboxylic acids is 1. The quantitative estimate of drug-likeness (QED) is 0.868. The van der Waals surface area contributed by atoms with Crippen molar-refractivity contribution in [1.82, 2.24) is 15.0 Å². The standard InChI is InChI=1S/C17H23N3O5/c1-19(10-14(21)20-8-4-5-11(9-20)17(23)24)16(22)15-12-6-2-3-7-13(12)25-18-15/h11H,2-10H2,1H3,(H,23,24). The van der Waals surface area contributed by atoms with Gasteiger partial charge >= 0.3 is 5.97 Å². The Morgan fingerprint density at radius 3 is 2.80 bits per heavy atom. The molecule has 1 saturated heterocycles. The number of likely N-dealkylation sites (N-methyl/N-ethyl adjacent to an activating group) is 1. The van der Waals surface area contributed by atoms with Crippen molar-refractivity contribution in [3.05, 3.63) is 17.0 Å². The molecule has 0 aromatic carbocycles. The van der Waals surface area contributed by atoms with Crippen molar-refractivity contribution >= 4 is 17.8 Å². The van der Waals surface area contributed by atoms with E-state index < -0.39 is 11.9 Å². The summed E-state index contributed by atoms with van der Waals surface area (Å²) in [5, 5.41) is 13.0. The Balaban J connectivity index is 1.62. The molecule has 2 aliphatic rings. The number of hydrogen-bond acceptors (Lipinski definition) is 5. The lowest BCUT2D eigenvalue weighted by Gasteiger charge is -2.31. The van der Waals surface area contributed by atoms with Crippen LogP contribution in [0.1, 0.15) is 47.5 Å². The number of rotatable bonds is 4. The van der Waals surface area contributed by atoms with E-state index >= 15 is 0 Å². The number of carbonyl (C=O) groups excluding carboxylic acids is 2. The highest BCUT2D eigenvalue weighted by atomic mass is 16.5. The number of aryl methyl sites for hydroxylation is 1. The van der Waals surface area contributed by atoms with Gasteiger partial charge in [-0.05, 0) is 32.1 Å². The summed E-state index contributed by atoms with van der Waals surface area (Å²) < 4.78 is 5.26. The van der Waals surface area contributed by atoms with E-state index in [4.69, 9.17) is 9.63 Å². The number of likely N-dealkylation sites (tertiary alicyclic amines) is 1. The van der Waals surface area contributed by atoms with E-state index in [-0.39, 0.29) is 24.9 Å². The van der Waals surface area contributed by atoms with Crippen LogP contribution in [0.2, 0.25) is 0 Å². The maximum absolute atomic E-state index is 12.6. The fraction of sp³-hybridized carbons (Fsp3) is 0.647. The van der Waals surface area contributed by atoms with Gasteiger partial charge in [-0.15, -0.1) is 0 Å². The van der Waals surface area contributed by atoms with E-state index in [2.05, 4.69) is 5.16 Å². The zero-order chi connectivity index (χ0) is 18.0. The van der Waals surface area contributed by atoms with E-state index in [1.807, 2.05) is 0 Å². The average molecular weight is 349 g/mol. The molecule has 1 aliphatic heterocycles. The average Bonchev–Trinajstić information content (AvgIpc) is 3.05. The number of piperidine rings is 1. The first-order valence-electron chi connectivity index (χ1n) is 8.71. The summed E-state index contributed by atoms with van der Waals surface area (Å²) in [5.74, 6) is -1.20. The van der Waals surface area contributed by atoms with E-state index in [9.17, 15) is 14.4 Å². The molecule has 0 spiro atoms. The van der Waals surface area contributed by atoms with Gasteiger partial charge in [0.1, 0.15) is 5.76 Å². The van der Waals surface area contributed by atoms with Gasteiger partial charge in [0.2, 0.25) is 5.91 Å². The van der Waals surface area contributed by atoms with Crippen LogP contribution in [0.25, 0.3) is 0 Å². The third-order valence-electron chi connectivity index (χ3n) is 5.00. The molecule has 8 nitrogen and oxygen atoms in total. The van der Waals surface area contributed by atoms with Crippen LogP contribution < -0.4 is 0 Å². The van der Waals surface area contributed by atoms with Crippen LogP contribution in [0, 0.1) is 5.92 Å². The van der Waals surface area contributed by atoms with Crippen molar-refractivity contribution in [2.24, 2.45) is 5.92 Å². The lowest BCUT2D eigenvalue weighted by Crippen LogP contribution is -2.47. The van der Waals surface area contributed by atoms with E-state index in [0.29, 0.717) is 25.1 Å². The predicted octanol–water partition coefficient (Wildman–Crippen LogP) is 0.949. The second-order valence-corrected chi connectivity index (χ2v) is 6.82. The number of amides is 2. The molecular weight excluding hydrogens is 326 g/mol. The molecule has 136 valence electrons. The van der Waals surface area contributed by atoms with Crippen LogP contribution in [0.3, 0.4) is 0 Å². The summed E-state index contributed by atoms with van der Waals surface area (Å²) >= 11 is 0. The molecule has 1 aliphatic carbocycles. The fourth-order valence-electron chi connectivity index (χ4n) is 3.51. The van der Waals surface area contributed by atoms with Crippen LogP contribution in [0.15, 0.2) is 4.52 Å². The van der Waals surface area contributed by atoms with Gasteiger partial charge in [-0.2, -0.15) is 0 Å². The van der Waals surface area contributed by atoms with E-state index in [1.165, 1.54) is 9.80 Å². The number of aromatic nitrogens is 1. The zero-order valence-electron chi connectivity index (χ0n) is 14.4. The Labute approximate surface area is 145 Å². The van der Waals surface area contributed by atoms with Gasteiger partial charge in [0.15, 0.2) is 5.69 Å². The first-order chi connectivity index (χ1) is 12.0. The maximum atomic E-state index is 12.6. The Morgan fingerprint density at radius 2 is 2.04 bits per heavy atom. The number of carbonyl (C=O) groups is 3. The van der Waals surface area contributed by atoms with E-state index in [0.717, 1.165) is 37.0 Å². The molecule has 1 aromatic heterocycles. The number of hydrogen-bond donors (Lipinski definition) is 1. The van der Waals surface area contributed by atoms with Crippen molar-refractivity contribution in [2.45, 2.75) is 38.5 Å².